The van der Waals surface area contributed by atoms with Crippen LogP contribution in [0.4, 0.5) is 0 Å². The van der Waals surface area contributed by atoms with Crippen molar-refractivity contribution in [2.75, 3.05) is 0 Å². The maximum atomic E-state index is 6.52. The molecule has 2 N–H and O–H groups in total. The fourth-order valence-electron chi connectivity index (χ4n) is 3.62. The third kappa shape index (κ3) is 1.09. The van der Waals surface area contributed by atoms with E-state index in [9.17, 15) is 0 Å². The van der Waals surface area contributed by atoms with Gasteiger partial charge < -0.3 is 10.3 Å². The Balaban J connectivity index is 1.84. The molecule has 1 aromatic carbocycles. The Hall–Kier alpha value is -1.54. The summed E-state index contributed by atoms with van der Waals surface area (Å²) in [6, 6.07) is 15.2. The molecule has 4 rings (SSSR count). The van der Waals surface area contributed by atoms with Gasteiger partial charge in [0.2, 0.25) is 0 Å². The fraction of sp³-hybridized carbons (Fsp3) is 0.333. The van der Waals surface area contributed by atoms with Crippen LogP contribution in [0.3, 0.4) is 0 Å². The molecule has 2 heteroatoms. The summed E-state index contributed by atoms with van der Waals surface area (Å²) >= 11 is 0. The average Bonchev–Trinajstić information content (AvgIpc) is 2.92. The Bertz CT molecular complexity index is 557. The highest BCUT2D eigenvalue weighted by atomic mass is 15.1. The van der Waals surface area contributed by atoms with E-state index in [1.165, 1.54) is 17.7 Å². The van der Waals surface area contributed by atoms with Gasteiger partial charge in [0.1, 0.15) is 0 Å². The minimum absolute atomic E-state index is 0.152. The maximum absolute atomic E-state index is 6.52. The van der Waals surface area contributed by atoms with E-state index in [4.69, 9.17) is 5.73 Å². The van der Waals surface area contributed by atoms with Crippen LogP contribution in [0.1, 0.15) is 23.7 Å². The SMILES string of the molecule is NC1c2cccn2CC2CC21c1ccccc1. The number of hydrogen-bond donors (Lipinski definition) is 1. The Morgan fingerprint density at radius 3 is 2.76 bits per heavy atom. The monoisotopic (exact) mass is 224 g/mol. The first-order chi connectivity index (χ1) is 8.32. The highest BCUT2D eigenvalue weighted by Gasteiger charge is 2.61. The van der Waals surface area contributed by atoms with Gasteiger partial charge in [-0.25, -0.2) is 0 Å². The summed E-state index contributed by atoms with van der Waals surface area (Å²) in [6.45, 7) is 1.13. The lowest BCUT2D eigenvalue weighted by molar-refractivity contribution is 0.389. The predicted octanol–water partition coefficient (Wildman–Crippen LogP) is 2.46. The molecule has 1 aromatic heterocycles. The highest BCUT2D eigenvalue weighted by Crippen LogP contribution is 2.63. The molecule has 0 saturated heterocycles. The summed E-state index contributed by atoms with van der Waals surface area (Å²) in [4.78, 5) is 0. The van der Waals surface area contributed by atoms with Crippen molar-refractivity contribution in [3.63, 3.8) is 0 Å². The summed E-state index contributed by atoms with van der Waals surface area (Å²) < 4.78 is 2.32. The normalized spacial score (nSPS) is 33.9. The molecular formula is C15H16N2. The van der Waals surface area contributed by atoms with Crippen molar-refractivity contribution >= 4 is 0 Å². The molecule has 0 bridgehead atoms. The number of benzene rings is 1. The van der Waals surface area contributed by atoms with Crippen molar-refractivity contribution in [1.82, 2.24) is 4.57 Å². The van der Waals surface area contributed by atoms with Crippen LogP contribution in [-0.4, -0.2) is 4.57 Å². The Kier molecular flexibility index (Phi) is 1.68. The molecule has 2 nitrogen and oxygen atoms in total. The van der Waals surface area contributed by atoms with E-state index in [0.29, 0.717) is 0 Å². The van der Waals surface area contributed by atoms with Gasteiger partial charge in [-0.15, -0.1) is 0 Å². The summed E-state index contributed by atoms with van der Waals surface area (Å²) in [5, 5.41) is 0. The van der Waals surface area contributed by atoms with Gasteiger partial charge in [0.15, 0.2) is 0 Å². The maximum Gasteiger partial charge on any atom is 0.0551 e. The lowest BCUT2D eigenvalue weighted by Crippen LogP contribution is -2.34. The van der Waals surface area contributed by atoms with Gasteiger partial charge >= 0.3 is 0 Å². The number of aromatic nitrogens is 1. The van der Waals surface area contributed by atoms with Gasteiger partial charge in [-0.2, -0.15) is 0 Å². The lowest BCUT2D eigenvalue weighted by atomic mass is 9.82. The van der Waals surface area contributed by atoms with Gasteiger partial charge in [0, 0.05) is 23.9 Å². The van der Waals surface area contributed by atoms with Crippen LogP contribution in [0.15, 0.2) is 48.7 Å². The van der Waals surface area contributed by atoms with Crippen molar-refractivity contribution in [3.8, 4) is 0 Å². The molecule has 0 spiro atoms. The Morgan fingerprint density at radius 1 is 1.12 bits per heavy atom. The second-order valence-electron chi connectivity index (χ2n) is 5.37. The van der Waals surface area contributed by atoms with E-state index < -0.39 is 0 Å². The van der Waals surface area contributed by atoms with E-state index in [2.05, 4.69) is 53.2 Å². The van der Waals surface area contributed by atoms with Crippen LogP contribution in [0, 0.1) is 5.92 Å². The minimum Gasteiger partial charge on any atom is -0.350 e. The molecule has 3 atom stereocenters. The first kappa shape index (κ1) is 9.49. The predicted molar refractivity (Wildman–Crippen MR) is 67.6 cm³/mol. The first-order valence-electron chi connectivity index (χ1n) is 6.28. The van der Waals surface area contributed by atoms with Crippen LogP contribution in [0.5, 0.6) is 0 Å². The smallest absolute Gasteiger partial charge is 0.0551 e. The molecule has 0 amide bonds. The van der Waals surface area contributed by atoms with E-state index in [1.807, 2.05) is 0 Å². The van der Waals surface area contributed by atoms with Crippen LogP contribution in [0.2, 0.25) is 0 Å². The molecular weight excluding hydrogens is 208 g/mol. The van der Waals surface area contributed by atoms with Crippen molar-refractivity contribution in [2.24, 2.45) is 11.7 Å². The van der Waals surface area contributed by atoms with Crippen molar-refractivity contribution < 1.29 is 0 Å². The Labute approximate surface area is 101 Å². The summed E-state index contributed by atoms with van der Waals surface area (Å²) in [5.74, 6) is 0.722. The zero-order chi connectivity index (χ0) is 11.5. The zero-order valence-electron chi connectivity index (χ0n) is 9.71. The third-order valence-electron chi connectivity index (χ3n) is 4.62. The average molecular weight is 224 g/mol. The largest absolute Gasteiger partial charge is 0.350 e. The van der Waals surface area contributed by atoms with Gasteiger partial charge in [-0.1, -0.05) is 30.3 Å². The topological polar surface area (TPSA) is 30.9 Å². The van der Waals surface area contributed by atoms with E-state index in [1.54, 1.807) is 0 Å². The summed E-state index contributed by atoms with van der Waals surface area (Å²) in [7, 11) is 0. The van der Waals surface area contributed by atoms with Gasteiger partial charge in [-0.05, 0) is 30.0 Å². The lowest BCUT2D eigenvalue weighted by Gasteiger charge is -2.31. The molecule has 1 aliphatic heterocycles. The Morgan fingerprint density at radius 2 is 1.94 bits per heavy atom. The first-order valence-corrected chi connectivity index (χ1v) is 6.28. The molecule has 2 aromatic rings. The van der Waals surface area contributed by atoms with Gasteiger partial charge in [-0.3, -0.25) is 0 Å². The molecule has 1 aliphatic carbocycles. The number of nitrogens with zero attached hydrogens (tertiary/aromatic N) is 1. The highest BCUT2D eigenvalue weighted by molar-refractivity contribution is 5.41. The van der Waals surface area contributed by atoms with Gasteiger partial charge in [0.05, 0.1) is 6.04 Å². The summed E-state index contributed by atoms with van der Waals surface area (Å²) in [6.07, 6.45) is 3.39. The van der Waals surface area contributed by atoms with Crippen molar-refractivity contribution in [2.45, 2.75) is 24.4 Å². The summed E-state index contributed by atoms with van der Waals surface area (Å²) in [5.41, 5.74) is 9.46. The number of nitrogens with two attached hydrogens (primary N) is 1. The van der Waals surface area contributed by atoms with E-state index in [0.717, 1.165) is 12.5 Å². The molecule has 1 fully saturated rings. The third-order valence-corrected chi connectivity index (χ3v) is 4.62. The van der Waals surface area contributed by atoms with Gasteiger partial charge in [0.25, 0.3) is 0 Å². The molecule has 0 radical (unpaired) electrons. The van der Waals surface area contributed by atoms with Crippen molar-refractivity contribution in [3.05, 3.63) is 59.9 Å². The quantitative estimate of drug-likeness (QED) is 0.792. The molecule has 1 saturated carbocycles. The number of fused-ring (bicyclic) bond motifs is 2. The molecule has 3 unspecified atom stereocenters. The van der Waals surface area contributed by atoms with Crippen LogP contribution in [0.25, 0.3) is 0 Å². The standard InChI is InChI=1S/C15H16N2/c16-14-13-7-4-8-17(13)10-12-9-15(12,14)11-5-2-1-3-6-11/h1-8,12,14H,9-10,16H2. The van der Waals surface area contributed by atoms with Crippen LogP contribution >= 0.6 is 0 Å². The number of hydrogen-bond acceptors (Lipinski definition) is 1. The fourth-order valence-corrected chi connectivity index (χ4v) is 3.62. The molecule has 2 heterocycles. The van der Waals surface area contributed by atoms with Crippen molar-refractivity contribution in [1.29, 1.82) is 0 Å². The molecule has 2 aliphatic rings. The second kappa shape index (κ2) is 3.02. The molecule has 17 heavy (non-hydrogen) atoms. The zero-order valence-corrected chi connectivity index (χ0v) is 9.71. The van der Waals surface area contributed by atoms with E-state index >= 15 is 0 Å². The number of rotatable bonds is 1. The van der Waals surface area contributed by atoms with Crippen LogP contribution in [-0.2, 0) is 12.0 Å². The minimum atomic E-state index is 0.152. The molecule has 86 valence electrons. The van der Waals surface area contributed by atoms with E-state index in [-0.39, 0.29) is 11.5 Å². The second-order valence-corrected chi connectivity index (χ2v) is 5.37. The van der Waals surface area contributed by atoms with Crippen LogP contribution < -0.4 is 5.73 Å².